The van der Waals surface area contributed by atoms with Crippen molar-refractivity contribution in [1.29, 1.82) is 0 Å². The number of ether oxygens (including phenoxy) is 1. The number of para-hydroxylation sites is 1. The van der Waals surface area contributed by atoms with Crippen molar-refractivity contribution in [3.05, 3.63) is 63.9 Å². The first kappa shape index (κ1) is 18.3. The second-order valence-corrected chi connectivity index (χ2v) is 7.08. The highest BCUT2D eigenvalue weighted by Gasteiger charge is 2.18. The molecule has 0 aliphatic rings. The molecule has 0 atom stereocenters. The van der Waals surface area contributed by atoms with Gasteiger partial charge >= 0.3 is 5.97 Å². The van der Waals surface area contributed by atoms with Gasteiger partial charge in [0.1, 0.15) is 10.8 Å². The first-order valence-electron chi connectivity index (χ1n) is 7.64. The lowest BCUT2D eigenvalue weighted by Gasteiger charge is -2.15. The molecular formula is C18H14ClFN2O3S. The Morgan fingerprint density at radius 2 is 2.04 bits per heavy atom. The van der Waals surface area contributed by atoms with Crippen LogP contribution in [0.3, 0.4) is 0 Å². The Kier molecular flexibility index (Phi) is 5.49. The molecule has 0 bridgehead atoms. The summed E-state index contributed by atoms with van der Waals surface area (Å²) in [5.41, 5.74) is 0.565. The van der Waals surface area contributed by atoms with Gasteiger partial charge in [-0.25, -0.2) is 14.2 Å². The Bertz CT molecular complexity index is 943. The van der Waals surface area contributed by atoms with Gasteiger partial charge in [0.25, 0.3) is 5.91 Å². The quantitative estimate of drug-likeness (QED) is 0.618. The van der Waals surface area contributed by atoms with Gasteiger partial charge in [0.05, 0.1) is 22.3 Å². The van der Waals surface area contributed by atoms with Crippen molar-refractivity contribution in [2.45, 2.75) is 6.54 Å². The molecule has 0 saturated heterocycles. The van der Waals surface area contributed by atoms with E-state index in [-0.39, 0.29) is 10.6 Å². The van der Waals surface area contributed by atoms with Crippen LogP contribution in [-0.2, 0) is 16.1 Å². The molecule has 134 valence electrons. The summed E-state index contributed by atoms with van der Waals surface area (Å²) >= 11 is 7.23. The van der Waals surface area contributed by atoms with Crippen molar-refractivity contribution in [3.8, 4) is 0 Å². The van der Waals surface area contributed by atoms with Crippen molar-refractivity contribution < 1.29 is 18.7 Å². The maximum atomic E-state index is 13.6. The first-order chi connectivity index (χ1) is 12.4. The average molecular weight is 393 g/mol. The molecule has 0 spiro atoms. The predicted octanol–water partition coefficient (Wildman–Crippen LogP) is 3.90. The lowest BCUT2D eigenvalue weighted by Crippen LogP contribution is -2.30. The third-order valence-electron chi connectivity index (χ3n) is 3.61. The largest absolute Gasteiger partial charge is 0.452 e. The number of hydrogen-bond donors (Lipinski definition) is 0. The van der Waals surface area contributed by atoms with E-state index < -0.39 is 24.3 Å². The van der Waals surface area contributed by atoms with E-state index in [0.717, 1.165) is 27.4 Å². The third-order valence-corrected chi connectivity index (χ3v) is 4.87. The van der Waals surface area contributed by atoms with Crippen molar-refractivity contribution in [2.75, 3.05) is 13.7 Å². The molecule has 0 unspecified atom stereocenters. The predicted molar refractivity (Wildman–Crippen MR) is 97.8 cm³/mol. The highest BCUT2D eigenvalue weighted by atomic mass is 35.5. The second-order valence-electron chi connectivity index (χ2n) is 5.53. The summed E-state index contributed by atoms with van der Waals surface area (Å²) in [4.78, 5) is 29.9. The van der Waals surface area contributed by atoms with Crippen LogP contribution in [0.2, 0.25) is 5.02 Å². The van der Waals surface area contributed by atoms with Gasteiger partial charge in [0.15, 0.2) is 6.61 Å². The summed E-state index contributed by atoms with van der Waals surface area (Å²) in [5.74, 6) is -2.11. The molecule has 26 heavy (non-hydrogen) atoms. The number of aromatic nitrogens is 1. The van der Waals surface area contributed by atoms with Gasteiger partial charge in [0, 0.05) is 12.1 Å². The fourth-order valence-corrected chi connectivity index (χ4v) is 3.44. The molecule has 5 nitrogen and oxygen atoms in total. The molecule has 1 amide bonds. The number of halogens is 2. The molecule has 8 heteroatoms. The molecule has 2 aromatic carbocycles. The molecular weight excluding hydrogens is 379 g/mol. The molecule has 0 N–H and O–H groups in total. The Morgan fingerprint density at radius 3 is 2.81 bits per heavy atom. The standard InChI is InChI=1S/C18H14ClFN2O3S/c1-22(9-16-21-14-4-2-3-5-15(14)26-16)17(23)10-25-18(24)12-8-11(19)6-7-13(12)20/h2-8H,9-10H2,1H3. The lowest BCUT2D eigenvalue weighted by atomic mass is 10.2. The number of nitrogens with zero attached hydrogens (tertiary/aromatic N) is 2. The number of thiazole rings is 1. The summed E-state index contributed by atoms with van der Waals surface area (Å²) in [6.07, 6.45) is 0. The van der Waals surface area contributed by atoms with Crippen LogP contribution < -0.4 is 0 Å². The van der Waals surface area contributed by atoms with Crippen molar-refractivity contribution in [3.63, 3.8) is 0 Å². The Balaban J connectivity index is 1.58. The number of carbonyl (C=O) groups excluding carboxylic acids is 2. The van der Waals surface area contributed by atoms with Crippen molar-refractivity contribution >= 4 is 45.0 Å². The van der Waals surface area contributed by atoms with Crippen LogP contribution in [0.25, 0.3) is 10.2 Å². The van der Waals surface area contributed by atoms with Crippen LogP contribution in [0.4, 0.5) is 4.39 Å². The Hall–Kier alpha value is -2.51. The molecule has 0 aliphatic carbocycles. The monoisotopic (exact) mass is 392 g/mol. The van der Waals surface area contributed by atoms with Gasteiger partial charge in [-0.2, -0.15) is 0 Å². The minimum atomic E-state index is -0.938. The summed E-state index contributed by atoms with van der Waals surface area (Å²) in [6.45, 7) is -0.201. The molecule has 1 heterocycles. The summed E-state index contributed by atoms with van der Waals surface area (Å²) < 4.78 is 19.6. The minimum absolute atomic E-state index is 0.206. The van der Waals surface area contributed by atoms with Gasteiger partial charge in [-0.3, -0.25) is 4.79 Å². The highest BCUT2D eigenvalue weighted by Crippen LogP contribution is 2.22. The fourth-order valence-electron chi connectivity index (χ4n) is 2.25. The zero-order valence-electron chi connectivity index (χ0n) is 13.7. The summed E-state index contributed by atoms with van der Waals surface area (Å²) in [6, 6.07) is 11.2. The van der Waals surface area contributed by atoms with Gasteiger partial charge in [-0.05, 0) is 30.3 Å². The Morgan fingerprint density at radius 1 is 1.27 bits per heavy atom. The van der Waals surface area contributed by atoms with E-state index in [2.05, 4.69) is 4.98 Å². The Labute approximate surface area is 158 Å². The molecule has 0 saturated carbocycles. The van der Waals surface area contributed by atoms with Gasteiger partial charge in [-0.1, -0.05) is 23.7 Å². The number of carbonyl (C=O) groups is 2. The maximum Gasteiger partial charge on any atom is 0.341 e. The third kappa shape index (κ3) is 4.17. The molecule has 0 fully saturated rings. The highest BCUT2D eigenvalue weighted by molar-refractivity contribution is 7.18. The summed E-state index contributed by atoms with van der Waals surface area (Å²) in [5, 5.41) is 0.979. The van der Waals surface area contributed by atoms with Crippen molar-refractivity contribution in [1.82, 2.24) is 9.88 Å². The van der Waals surface area contributed by atoms with Gasteiger partial charge in [-0.15, -0.1) is 11.3 Å². The minimum Gasteiger partial charge on any atom is -0.452 e. The van der Waals surface area contributed by atoms with Gasteiger partial charge in [0.2, 0.25) is 0 Å². The molecule has 0 radical (unpaired) electrons. The SMILES string of the molecule is CN(Cc1nc2ccccc2s1)C(=O)COC(=O)c1cc(Cl)ccc1F. The lowest BCUT2D eigenvalue weighted by molar-refractivity contribution is -0.133. The van der Waals surface area contributed by atoms with E-state index in [1.165, 1.54) is 22.3 Å². The van der Waals surface area contributed by atoms with E-state index in [0.29, 0.717) is 6.54 Å². The maximum absolute atomic E-state index is 13.6. The topological polar surface area (TPSA) is 59.5 Å². The average Bonchev–Trinajstić information content (AvgIpc) is 3.03. The second kappa shape index (κ2) is 7.80. The molecule has 0 aliphatic heterocycles. The van der Waals surface area contributed by atoms with Crippen LogP contribution >= 0.6 is 22.9 Å². The number of hydrogen-bond acceptors (Lipinski definition) is 5. The van der Waals surface area contributed by atoms with Crippen LogP contribution in [-0.4, -0.2) is 35.4 Å². The van der Waals surface area contributed by atoms with Crippen LogP contribution in [0.5, 0.6) is 0 Å². The first-order valence-corrected chi connectivity index (χ1v) is 8.84. The number of amides is 1. The zero-order valence-corrected chi connectivity index (χ0v) is 15.3. The smallest absolute Gasteiger partial charge is 0.341 e. The number of fused-ring (bicyclic) bond motifs is 1. The number of esters is 1. The van der Waals surface area contributed by atoms with Crippen molar-refractivity contribution in [2.24, 2.45) is 0 Å². The number of likely N-dealkylation sites (N-methyl/N-ethyl adjacent to an activating group) is 1. The van der Waals surface area contributed by atoms with Crippen LogP contribution in [0.1, 0.15) is 15.4 Å². The van der Waals surface area contributed by atoms with Crippen LogP contribution in [0, 0.1) is 5.82 Å². The molecule has 1 aromatic heterocycles. The number of rotatable bonds is 5. The summed E-state index contributed by atoms with van der Waals surface area (Å²) in [7, 11) is 1.59. The van der Waals surface area contributed by atoms with E-state index >= 15 is 0 Å². The fraction of sp³-hybridized carbons (Fsp3) is 0.167. The van der Waals surface area contributed by atoms with Gasteiger partial charge < -0.3 is 9.64 Å². The zero-order chi connectivity index (χ0) is 18.7. The van der Waals surface area contributed by atoms with E-state index in [9.17, 15) is 14.0 Å². The van der Waals surface area contributed by atoms with Crippen LogP contribution in [0.15, 0.2) is 42.5 Å². The van der Waals surface area contributed by atoms with E-state index in [1.54, 1.807) is 7.05 Å². The van der Waals surface area contributed by atoms with E-state index in [4.69, 9.17) is 16.3 Å². The normalized spacial score (nSPS) is 10.7. The van der Waals surface area contributed by atoms with E-state index in [1.807, 2.05) is 24.3 Å². The molecule has 3 aromatic rings. The number of benzene rings is 2. The molecule has 3 rings (SSSR count).